The van der Waals surface area contributed by atoms with E-state index in [1.54, 1.807) is 12.1 Å². The third-order valence-corrected chi connectivity index (χ3v) is 4.30. The topological polar surface area (TPSA) is 82.7 Å². The quantitative estimate of drug-likeness (QED) is 0.677. The van der Waals surface area contributed by atoms with Crippen LogP contribution in [0.4, 0.5) is 4.79 Å². The largest absolute Gasteiger partial charge is 0.373 e. The van der Waals surface area contributed by atoms with Gasteiger partial charge in [0.15, 0.2) is 0 Å². The van der Waals surface area contributed by atoms with Gasteiger partial charge in [-0.25, -0.2) is 4.79 Å². The summed E-state index contributed by atoms with van der Waals surface area (Å²) in [6.45, 7) is 11.6. The predicted octanol–water partition coefficient (Wildman–Crippen LogP) is 1.73. The minimum Gasteiger partial charge on any atom is -0.373 e. The van der Waals surface area contributed by atoms with Crippen LogP contribution in [-0.2, 0) is 11.3 Å². The summed E-state index contributed by atoms with van der Waals surface area (Å²) in [6, 6.07) is 7.18. The fourth-order valence-electron chi connectivity index (χ4n) is 3.17. The van der Waals surface area contributed by atoms with Crippen molar-refractivity contribution in [2.45, 2.75) is 52.5 Å². The minimum absolute atomic E-state index is 0.0820. The zero-order chi connectivity index (χ0) is 19.8. The van der Waals surface area contributed by atoms with Gasteiger partial charge in [0.1, 0.15) is 0 Å². The predicted molar refractivity (Wildman–Crippen MR) is 106 cm³/mol. The lowest BCUT2D eigenvalue weighted by molar-refractivity contribution is -0.0672. The monoisotopic (exact) mass is 376 g/mol. The summed E-state index contributed by atoms with van der Waals surface area (Å²) in [7, 11) is 0. The molecule has 0 spiro atoms. The van der Waals surface area contributed by atoms with Crippen molar-refractivity contribution in [2.24, 2.45) is 0 Å². The number of benzene rings is 1. The molecule has 2 unspecified atom stereocenters. The zero-order valence-electron chi connectivity index (χ0n) is 16.7. The van der Waals surface area contributed by atoms with E-state index in [0.717, 1.165) is 25.2 Å². The van der Waals surface area contributed by atoms with Crippen molar-refractivity contribution < 1.29 is 14.3 Å². The van der Waals surface area contributed by atoms with Crippen LogP contribution in [0.5, 0.6) is 0 Å². The van der Waals surface area contributed by atoms with Gasteiger partial charge in [0.2, 0.25) is 0 Å². The number of ether oxygens (including phenoxy) is 1. The molecule has 1 saturated heterocycles. The summed E-state index contributed by atoms with van der Waals surface area (Å²) in [6.07, 6.45) is 0.460. The molecule has 0 bridgehead atoms. The molecule has 0 aromatic heterocycles. The first kappa shape index (κ1) is 21.2. The third-order valence-electron chi connectivity index (χ3n) is 4.30. The first-order valence-electron chi connectivity index (χ1n) is 9.62. The number of nitrogens with one attached hydrogen (secondary N) is 3. The number of hydrogen-bond acceptors (Lipinski definition) is 4. The van der Waals surface area contributed by atoms with E-state index in [2.05, 4.69) is 34.7 Å². The second kappa shape index (κ2) is 10.3. The number of carbonyl (C=O) groups is 2. The maximum Gasteiger partial charge on any atom is 0.315 e. The highest BCUT2D eigenvalue weighted by molar-refractivity contribution is 5.94. The van der Waals surface area contributed by atoms with Gasteiger partial charge < -0.3 is 20.7 Å². The van der Waals surface area contributed by atoms with Crippen molar-refractivity contribution >= 4 is 11.9 Å². The minimum atomic E-state index is -0.196. The van der Waals surface area contributed by atoms with Crippen LogP contribution < -0.4 is 16.0 Å². The number of morpholine rings is 1. The second-order valence-corrected chi connectivity index (χ2v) is 7.45. The van der Waals surface area contributed by atoms with Gasteiger partial charge >= 0.3 is 6.03 Å². The molecule has 150 valence electrons. The van der Waals surface area contributed by atoms with E-state index in [4.69, 9.17) is 4.74 Å². The number of nitrogens with zero attached hydrogens (tertiary/aromatic N) is 1. The van der Waals surface area contributed by atoms with Gasteiger partial charge in [0.05, 0.1) is 12.2 Å². The van der Waals surface area contributed by atoms with Crippen LogP contribution in [0, 0.1) is 0 Å². The van der Waals surface area contributed by atoms with Crippen molar-refractivity contribution in [1.29, 1.82) is 0 Å². The fourth-order valence-corrected chi connectivity index (χ4v) is 3.17. The average Bonchev–Trinajstić information content (AvgIpc) is 2.59. The van der Waals surface area contributed by atoms with E-state index in [1.807, 2.05) is 26.0 Å². The SMILES string of the molecule is CC(C)NC(=O)NCc1ccc(C(=O)NCCN2CC(C)OC(C)C2)cc1. The first-order valence-corrected chi connectivity index (χ1v) is 9.62. The number of carbonyl (C=O) groups excluding carboxylic acids is 2. The maximum absolute atomic E-state index is 12.3. The lowest BCUT2D eigenvalue weighted by Gasteiger charge is -2.35. The Morgan fingerprint density at radius 1 is 1.11 bits per heavy atom. The van der Waals surface area contributed by atoms with Crippen LogP contribution in [0.15, 0.2) is 24.3 Å². The Hall–Kier alpha value is -2.12. The molecule has 2 atom stereocenters. The molecule has 1 aromatic carbocycles. The number of amides is 3. The molecule has 1 aromatic rings. The second-order valence-electron chi connectivity index (χ2n) is 7.45. The van der Waals surface area contributed by atoms with E-state index >= 15 is 0 Å². The molecule has 27 heavy (non-hydrogen) atoms. The number of rotatable bonds is 7. The fraction of sp³-hybridized carbons (Fsp3) is 0.600. The van der Waals surface area contributed by atoms with Crippen molar-refractivity contribution in [3.05, 3.63) is 35.4 Å². The third kappa shape index (κ3) is 7.56. The molecule has 0 aliphatic carbocycles. The molecule has 7 heteroatoms. The molecular weight excluding hydrogens is 344 g/mol. The highest BCUT2D eigenvalue weighted by Gasteiger charge is 2.21. The molecular formula is C20H32N4O3. The van der Waals surface area contributed by atoms with Gasteiger partial charge in [0, 0.05) is 44.3 Å². The van der Waals surface area contributed by atoms with Crippen LogP contribution in [-0.4, -0.2) is 61.3 Å². The number of urea groups is 1. The lowest BCUT2D eigenvalue weighted by Crippen LogP contribution is -2.47. The van der Waals surface area contributed by atoms with Gasteiger partial charge in [-0.1, -0.05) is 12.1 Å². The Bertz CT molecular complexity index is 608. The Kier molecular flexibility index (Phi) is 8.06. The van der Waals surface area contributed by atoms with Crippen LogP contribution in [0.25, 0.3) is 0 Å². The molecule has 1 heterocycles. The highest BCUT2D eigenvalue weighted by atomic mass is 16.5. The smallest absolute Gasteiger partial charge is 0.315 e. The Labute approximate surface area is 161 Å². The van der Waals surface area contributed by atoms with E-state index in [1.165, 1.54) is 0 Å². The molecule has 0 saturated carbocycles. The van der Waals surface area contributed by atoms with Crippen molar-refractivity contribution in [3.63, 3.8) is 0 Å². The summed E-state index contributed by atoms with van der Waals surface area (Å²) in [5, 5.41) is 8.53. The van der Waals surface area contributed by atoms with Gasteiger partial charge in [-0.2, -0.15) is 0 Å². The van der Waals surface area contributed by atoms with E-state index in [0.29, 0.717) is 18.7 Å². The zero-order valence-corrected chi connectivity index (χ0v) is 16.7. The molecule has 1 aliphatic heterocycles. The molecule has 3 amide bonds. The molecule has 3 N–H and O–H groups in total. The highest BCUT2D eigenvalue weighted by Crippen LogP contribution is 2.10. The molecule has 2 rings (SSSR count). The maximum atomic E-state index is 12.3. The van der Waals surface area contributed by atoms with Crippen molar-refractivity contribution in [2.75, 3.05) is 26.2 Å². The lowest BCUT2D eigenvalue weighted by atomic mass is 10.1. The van der Waals surface area contributed by atoms with E-state index in [9.17, 15) is 9.59 Å². The Morgan fingerprint density at radius 3 is 2.33 bits per heavy atom. The molecule has 1 fully saturated rings. The van der Waals surface area contributed by atoms with Gasteiger partial charge in [-0.15, -0.1) is 0 Å². The van der Waals surface area contributed by atoms with Gasteiger partial charge in [0.25, 0.3) is 5.91 Å². The van der Waals surface area contributed by atoms with E-state index in [-0.39, 0.29) is 30.2 Å². The average molecular weight is 377 g/mol. The summed E-state index contributed by atoms with van der Waals surface area (Å²) in [5.41, 5.74) is 1.57. The summed E-state index contributed by atoms with van der Waals surface area (Å²) in [5.74, 6) is -0.0820. The van der Waals surface area contributed by atoms with E-state index < -0.39 is 0 Å². The van der Waals surface area contributed by atoms with Crippen molar-refractivity contribution in [1.82, 2.24) is 20.9 Å². The summed E-state index contributed by atoms with van der Waals surface area (Å²) in [4.78, 5) is 26.2. The summed E-state index contributed by atoms with van der Waals surface area (Å²) >= 11 is 0. The van der Waals surface area contributed by atoms with Crippen LogP contribution in [0.1, 0.15) is 43.6 Å². The molecule has 0 radical (unpaired) electrons. The summed E-state index contributed by atoms with van der Waals surface area (Å²) < 4.78 is 5.72. The first-order chi connectivity index (χ1) is 12.8. The van der Waals surface area contributed by atoms with Gasteiger partial charge in [-0.3, -0.25) is 9.69 Å². The molecule has 1 aliphatic rings. The van der Waals surface area contributed by atoms with Gasteiger partial charge in [-0.05, 0) is 45.4 Å². The normalized spacial score (nSPS) is 20.3. The van der Waals surface area contributed by atoms with Crippen molar-refractivity contribution in [3.8, 4) is 0 Å². The standard InChI is InChI=1S/C20H32N4O3/c1-14(2)23-20(26)22-11-17-5-7-18(8-6-17)19(25)21-9-10-24-12-15(3)27-16(4)13-24/h5-8,14-16H,9-13H2,1-4H3,(H,21,25)(H2,22,23,26). The van der Waals surface area contributed by atoms with Crippen LogP contribution in [0.3, 0.4) is 0 Å². The van der Waals surface area contributed by atoms with Crippen LogP contribution >= 0.6 is 0 Å². The Balaban J connectivity index is 1.72. The molecule has 7 nitrogen and oxygen atoms in total. The van der Waals surface area contributed by atoms with Crippen LogP contribution in [0.2, 0.25) is 0 Å². The number of hydrogen-bond donors (Lipinski definition) is 3. The Morgan fingerprint density at radius 2 is 1.74 bits per heavy atom.